The van der Waals surface area contributed by atoms with Crippen molar-refractivity contribution >= 4 is 11.6 Å². The van der Waals surface area contributed by atoms with Crippen molar-refractivity contribution in [3.63, 3.8) is 0 Å². The van der Waals surface area contributed by atoms with Gasteiger partial charge >= 0.3 is 0 Å². The van der Waals surface area contributed by atoms with Crippen LogP contribution in [0, 0.1) is 67.5 Å². The molecule has 192 valence electrons. The van der Waals surface area contributed by atoms with Gasteiger partial charge in [-0.25, -0.2) is 0 Å². The van der Waals surface area contributed by atoms with Gasteiger partial charge in [-0.3, -0.25) is 9.59 Å². The molecule has 8 atom stereocenters. The summed E-state index contributed by atoms with van der Waals surface area (Å²) in [5.74, 6) is 1.15. The zero-order valence-electron chi connectivity index (χ0n) is 23.1. The standard InChI is InChI=1S/C31H46N2O2/c1-26(2)10-12-31(18-33)13-11-30(7)24(20(31)16-26)21(34)14-23-28(5)15-19(17-32)25(35)27(3,4)22(28)8-9-29(23,30)6/h15,20,22-24H,8-14,16,18,33H2,1-7H3/t20-,22?,23?,24-,28-,29+,30+,31+/m0/s1. The number of Topliss-reactive ketones (excluding diaryl/α,β-unsaturated/α-hetero) is 2. The molecule has 0 aromatic rings. The molecule has 0 saturated heterocycles. The molecular weight excluding hydrogens is 432 g/mol. The number of nitrogens with two attached hydrogens (primary N) is 1. The van der Waals surface area contributed by atoms with Gasteiger partial charge in [0.05, 0.1) is 5.57 Å². The van der Waals surface area contributed by atoms with Crippen molar-refractivity contribution in [1.29, 1.82) is 5.26 Å². The Morgan fingerprint density at radius 1 is 0.943 bits per heavy atom. The molecule has 5 rings (SSSR count). The molecule has 4 heteroatoms. The summed E-state index contributed by atoms with van der Waals surface area (Å²) in [6, 6.07) is 2.22. The Morgan fingerprint density at radius 2 is 1.60 bits per heavy atom. The molecule has 4 fully saturated rings. The van der Waals surface area contributed by atoms with Gasteiger partial charge in [-0.1, -0.05) is 54.5 Å². The average Bonchev–Trinajstić information content (AvgIpc) is 2.77. The number of hydrogen-bond acceptors (Lipinski definition) is 4. The fourth-order valence-corrected chi connectivity index (χ4v) is 10.8. The maximum absolute atomic E-state index is 14.4. The Balaban J connectivity index is 1.63. The molecule has 0 heterocycles. The summed E-state index contributed by atoms with van der Waals surface area (Å²) in [6.45, 7) is 16.7. The van der Waals surface area contributed by atoms with Gasteiger partial charge in [0, 0.05) is 17.8 Å². The highest BCUT2D eigenvalue weighted by Gasteiger charge is 2.71. The molecule has 5 aliphatic carbocycles. The van der Waals surface area contributed by atoms with Gasteiger partial charge in [0.1, 0.15) is 11.9 Å². The lowest BCUT2D eigenvalue weighted by atomic mass is 9.31. The van der Waals surface area contributed by atoms with Crippen molar-refractivity contribution in [2.24, 2.45) is 61.9 Å². The van der Waals surface area contributed by atoms with E-state index in [2.05, 4.69) is 40.7 Å². The minimum atomic E-state index is -0.578. The molecule has 4 saturated carbocycles. The van der Waals surface area contributed by atoms with E-state index < -0.39 is 5.41 Å². The molecule has 0 bridgehead atoms. The summed E-state index contributed by atoms with van der Waals surface area (Å²) in [4.78, 5) is 27.5. The minimum absolute atomic E-state index is 0.00723. The van der Waals surface area contributed by atoms with Crippen LogP contribution in [0.3, 0.4) is 0 Å². The Bertz CT molecular complexity index is 1050. The third-order valence-corrected chi connectivity index (χ3v) is 13.1. The van der Waals surface area contributed by atoms with E-state index in [1.807, 2.05) is 19.9 Å². The van der Waals surface area contributed by atoms with Crippen LogP contribution in [0.4, 0.5) is 0 Å². The van der Waals surface area contributed by atoms with E-state index in [0.717, 1.165) is 38.5 Å². The van der Waals surface area contributed by atoms with Crippen molar-refractivity contribution in [1.82, 2.24) is 0 Å². The smallest absolute Gasteiger partial charge is 0.178 e. The monoisotopic (exact) mass is 478 g/mol. The van der Waals surface area contributed by atoms with Gasteiger partial charge in [0.25, 0.3) is 0 Å². The summed E-state index contributed by atoms with van der Waals surface area (Å²) < 4.78 is 0. The second-order valence-electron chi connectivity index (χ2n) is 15.3. The van der Waals surface area contributed by atoms with Crippen LogP contribution in [0.15, 0.2) is 11.6 Å². The van der Waals surface area contributed by atoms with E-state index in [9.17, 15) is 14.9 Å². The lowest BCUT2D eigenvalue weighted by Gasteiger charge is -2.72. The van der Waals surface area contributed by atoms with E-state index in [4.69, 9.17) is 5.73 Å². The predicted octanol–water partition coefficient (Wildman–Crippen LogP) is 6.24. The second-order valence-corrected chi connectivity index (χ2v) is 15.3. The molecule has 2 unspecified atom stereocenters. The topological polar surface area (TPSA) is 83.9 Å². The summed E-state index contributed by atoms with van der Waals surface area (Å²) in [6.07, 6.45) is 10.2. The number of allylic oxidation sites excluding steroid dienone is 2. The number of ketones is 2. The first-order valence-corrected chi connectivity index (χ1v) is 14.0. The number of rotatable bonds is 1. The molecular formula is C31H46N2O2. The lowest BCUT2D eigenvalue weighted by Crippen LogP contribution is -2.69. The molecule has 0 aromatic carbocycles. The van der Waals surface area contributed by atoms with Crippen LogP contribution in [-0.2, 0) is 9.59 Å². The second kappa shape index (κ2) is 7.31. The number of hydrogen-bond donors (Lipinski definition) is 1. The van der Waals surface area contributed by atoms with Crippen LogP contribution in [-0.4, -0.2) is 18.1 Å². The predicted molar refractivity (Wildman–Crippen MR) is 138 cm³/mol. The van der Waals surface area contributed by atoms with E-state index in [1.54, 1.807) is 0 Å². The molecule has 2 N–H and O–H groups in total. The van der Waals surface area contributed by atoms with E-state index in [1.165, 1.54) is 6.42 Å². The molecule has 0 aromatic heterocycles. The fraction of sp³-hybridized carbons (Fsp3) is 0.839. The quantitative estimate of drug-likeness (QED) is 0.483. The minimum Gasteiger partial charge on any atom is -0.330 e. The Kier molecular flexibility index (Phi) is 5.26. The van der Waals surface area contributed by atoms with Crippen LogP contribution >= 0.6 is 0 Å². The van der Waals surface area contributed by atoms with Crippen LogP contribution in [0.25, 0.3) is 0 Å². The Hall–Kier alpha value is -1.47. The van der Waals surface area contributed by atoms with Crippen molar-refractivity contribution in [3.8, 4) is 6.07 Å². The molecule has 5 aliphatic rings. The largest absolute Gasteiger partial charge is 0.330 e. The Morgan fingerprint density at radius 3 is 2.23 bits per heavy atom. The highest BCUT2D eigenvalue weighted by Crippen LogP contribution is 2.75. The number of nitrogens with zero attached hydrogens (tertiary/aromatic N) is 1. The SMILES string of the molecule is CC1(C)CC[C@]2(CN)CC[C@]3(C)[C@H](C(=O)CC4[C@@]5(C)C=C(C#N)C(=O)C(C)(C)C5CC[C@]43C)[C@@H]2C1. The van der Waals surface area contributed by atoms with Gasteiger partial charge < -0.3 is 5.73 Å². The molecule has 4 nitrogen and oxygen atoms in total. The number of carbonyl (C=O) groups is 2. The summed E-state index contributed by atoms with van der Waals surface area (Å²) in [5.41, 5.74) is 6.18. The van der Waals surface area contributed by atoms with Crippen LogP contribution in [0.1, 0.15) is 99.8 Å². The molecule has 0 amide bonds. The zero-order chi connectivity index (χ0) is 25.8. The van der Waals surface area contributed by atoms with E-state index >= 15 is 0 Å². The van der Waals surface area contributed by atoms with Crippen molar-refractivity contribution < 1.29 is 9.59 Å². The van der Waals surface area contributed by atoms with Gasteiger partial charge in [-0.05, 0) is 96.3 Å². The zero-order valence-corrected chi connectivity index (χ0v) is 23.1. The summed E-state index contributed by atoms with van der Waals surface area (Å²) in [7, 11) is 0. The molecule has 35 heavy (non-hydrogen) atoms. The first kappa shape index (κ1) is 25.2. The average molecular weight is 479 g/mol. The Labute approximate surface area is 212 Å². The van der Waals surface area contributed by atoms with Gasteiger partial charge in [-0.2, -0.15) is 5.26 Å². The van der Waals surface area contributed by atoms with Crippen molar-refractivity contribution in [2.75, 3.05) is 6.54 Å². The van der Waals surface area contributed by atoms with Gasteiger partial charge in [-0.15, -0.1) is 0 Å². The summed E-state index contributed by atoms with van der Waals surface area (Å²) in [5, 5.41) is 9.86. The van der Waals surface area contributed by atoms with Crippen LogP contribution in [0.5, 0.6) is 0 Å². The third-order valence-electron chi connectivity index (χ3n) is 13.1. The first-order valence-electron chi connectivity index (χ1n) is 14.0. The molecule has 0 aliphatic heterocycles. The lowest BCUT2D eigenvalue weighted by molar-refractivity contribution is -0.221. The highest BCUT2D eigenvalue weighted by molar-refractivity contribution is 6.04. The van der Waals surface area contributed by atoms with Crippen molar-refractivity contribution in [2.45, 2.75) is 99.8 Å². The molecule has 0 radical (unpaired) electrons. The highest BCUT2D eigenvalue weighted by atomic mass is 16.1. The fourth-order valence-electron chi connectivity index (χ4n) is 10.8. The van der Waals surface area contributed by atoms with Crippen molar-refractivity contribution in [3.05, 3.63) is 11.6 Å². The van der Waals surface area contributed by atoms with Crippen LogP contribution < -0.4 is 5.73 Å². The third kappa shape index (κ3) is 3.00. The first-order chi connectivity index (χ1) is 16.1. The van der Waals surface area contributed by atoms with Gasteiger partial charge in [0.2, 0.25) is 0 Å². The van der Waals surface area contributed by atoms with E-state index in [-0.39, 0.29) is 50.6 Å². The van der Waals surface area contributed by atoms with E-state index in [0.29, 0.717) is 30.2 Å². The number of fused-ring (bicyclic) bond motifs is 7. The summed E-state index contributed by atoms with van der Waals surface area (Å²) >= 11 is 0. The normalized spacial score (nSPS) is 50.1. The molecule has 0 spiro atoms. The maximum Gasteiger partial charge on any atom is 0.178 e. The number of nitriles is 1. The van der Waals surface area contributed by atoms with Crippen LogP contribution in [0.2, 0.25) is 0 Å². The van der Waals surface area contributed by atoms with Gasteiger partial charge in [0.15, 0.2) is 5.78 Å². The maximum atomic E-state index is 14.4. The number of carbonyl (C=O) groups excluding carboxylic acids is 2.